The smallest absolute Gasteiger partial charge is 0.435 e. The average Bonchev–Trinajstić information content (AvgIpc) is 3.61. The second-order valence-electron chi connectivity index (χ2n) is 11.4. The summed E-state index contributed by atoms with van der Waals surface area (Å²) in [5, 5.41) is 4.02. The highest BCUT2D eigenvalue weighted by Crippen LogP contribution is 2.49. The molecule has 4 heterocycles. The van der Waals surface area contributed by atoms with Gasteiger partial charge in [-0.25, -0.2) is 9.48 Å². The van der Waals surface area contributed by atoms with Gasteiger partial charge in [0.15, 0.2) is 17.2 Å². The van der Waals surface area contributed by atoms with E-state index in [0.29, 0.717) is 41.4 Å². The Morgan fingerprint density at radius 3 is 2.54 bits per heavy atom. The van der Waals surface area contributed by atoms with Crippen molar-refractivity contribution in [3.05, 3.63) is 65.0 Å². The van der Waals surface area contributed by atoms with E-state index in [0.717, 1.165) is 0 Å². The zero-order valence-electron chi connectivity index (χ0n) is 23.0. The van der Waals surface area contributed by atoms with Crippen molar-refractivity contribution in [1.82, 2.24) is 14.7 Å². The maximum Gasteiger partial charge on any atom is 0.435 e. The van der Waals surface area contributed by atoms with E-state index in [1.807, 2.05) is 0 Å². The Morgan fingerprint density at radius 2 is 1.80 bits per heavy atom. The third kappa shape index (κ3) is 4.74. The summed E-state index contributed by atoms with van der Waals surface area (Å²) in [6, 6.07) is 10.4. The second kappa shape index (κ2) is 9.42. The lowest BCUT2D eigenvalue weighted by Crippen LogP contribution is -2.45. The number of carbonyl (C=O) groups is 2. The van der Waals surface area contributed by atoms with Crippen molar-refractivity contribution in [3.8, 4) is 17.2 Å². The van der Waals surface area contributed by atoms with E-state index < -0.39 is 29.6 Å². The molecule has 1 fully saturated rings. The Labute approximate surface area is 234 Å². The minimum Gasteiger partial charge on any atom is -0.454 e. The van der Waals surface area contributed by atoms with Gasteiger partial charge in [0.25, 0.3) is 5.91 Å². The van der Waals surface area contributed by atoms with Crippen LogP contribution in [-0.4, -0.2) is 52.2 Å². The quantitative estimate of drug-likeness (QED) is 0.390. The Bertz CT molecular complexity index is 1540. The number of hydrogen-bond acceptors (Lipinski definition) is 6. The number of benzene rings is 2. The van der Waals surface area contributed by atoms with E-state index in [4.69, 9.17) is 14.2 Å². The van der Waals surface area contributed by atoms with Crippen molar-refractivity contribution in [2.75, 3.05) is 18.7 Å². The number of amides is 2. The predicted molar refractivity (Wildman–Crippen MR) is 141 cm³/mol. The van der Waals surface area contributed by atoms with Crippen molar-refractivity contribution < 1.29 is 37.0 Å². The summed E-state index contributed by atoms with van der Waals surface area (Å²) in [6.45, 7) is 5.27. The van der Waals surface area contributed by atoms with Crippen LogP contribution in [0.25, 0.3) is 5.69 Å². The molecule has 0 aliphatic carbocycles. The fraction of sp³-hybridized carbons (Fsp3) is 0.414. The van der Waals surface area contributed by atoms with Crippen molar-refractivity contribution in [2.24, 2.45) is 0 Å². The van der Waals surface area contributed by atoms with Crippen LogP contribution in [0.5, 0.6) is 11.5 Å². The van der Waals surface area contributed by atoms with Gasteiger partial charge in [0.1, 0.15) is 5.60 Å². The van der Waals surface area contributed by atoms with E-state index in [-0.39, 0.29) is 36.3 Å². The van der Waals surface area contributed by atoms with Crippen molar-refractivity contribution in [2.45, 2.75) is 63.9 Å². The highest BCUT2D eigenvalue weighted by molar-refractivity contribution is 6.06. The third-order valence-electron chi connectivity index (χ3n) is 7.54. The van der Waals surface area contributed by atoms with Crippen molar-refractivity contribution in [1.29, 1.82) is 0 Å². The molecular weight excluding hydrogens is 541 g/mol. The van der Waals surface area contributed by atoms with E-state index >= 15 is 0 Å². The van der Waals surface area contributed by atoms with Gasteiger partial charge in [-0.1, -0.05) is 6.07 Å². The molecule has 0 unspecified atom stereocenters. The van der Waals surface area contributed by atoms with Crippen LogP contribution in [0, 0.1) is 0 Å². The van der Waals surface area contributed by atoms with Gasteiger partial charge in [0.05, 0.1) is 17.4 Å². The number of ether oxygens (including phenoxy) is 3. The maximum atomic E-state index is 14.3. The first-order valence-corrected chi connectivity index (χ1v) is 13.3. The van der Waals surface area contributed by atoms with E-state index in [9.17, 15) is 22.8 Å². The van der Waals surface area contributed by atoms with Crippen molar-refractivity contribution >= 4 is 17.7 Å². The lowest BCUT2D eigenvalue weighted by atomic mass is 9.97. The molecule has 0 saturated carbocycles. The molecule has 2 atom stereocenters. The van der Waals surface area contributed by atoms with Gasteiger partial charge >= 0.3 is 12.3 Å². The summed E-state index contributed by atoms with van der Waals surface area (Å²) in [5.74, 6) is 0.743. The molecule has 2 amide bonds. The molecule has 216 valence electrons. The Kier molecular flexibility index (Phi) is 6.20. The van der Waals surface area contributed by atoms with Gasteiger partial charge in [-0.15, -0.1) is 0 Å². The Balaban J connectivity index is 1.36. The lowest BCUT2D eigenvalue weighted by molar-refractivity contribution is -0.142. The molecule has 2 aromatic carbocycles. The number of anilines is 1. The number of nitrogens with zero attached hydrogens (tertiary/aromatic N) is 4. The number of alkyl halides is 3. The van der Waals surface area contributed by atoms with Gasteiger partial charge in [-0.2, -0.15) is 18.3 Å². The number of rotatable bonds is 3. The van der Waals surface area contributed by atoms with Gasteiger partial charge < -0.3 is 19.1 Å². The number of carbonyl (C=O) groups excluding carboxylic acids is 2. The largest absolute Gasteiger partial charge is 0.454 e. The molecule has 3 aliphatic heterocycles. The molecule has 0 radical (unpaired) electrons. The zero-order chi connectivity index (χ0) is 29.3. The van der Waals surface area contributed by atoms with Crippen LogP contribution in [-0.2, 0) is 17.3 Å². The number of aromatic nitrogens is 2. The van der Waals surface area contributed by atoms with Gasteiger partial charge in [0, 0.05) is 42.4 Å². The first-order valence-electron chi connectivity index (χ1n) is 13.3. The molecule has 9 nitrogen and oxygen atoms in total. The summed E-state index contributed by atoms with van der Waals surface area (Å²) in [7, 11) is 1.60. The molecule has 0 spiro atoms. The molecule has 12 heteroatoms. The van der Waals surface area contributed by atoms with Gasteiger partial charge in [-0.05, 0) is 63.9 Å². The Hall–Kier alpha value is -4.22. The second-order valence-corrected chi connectivity index (χ2v) is 11.4. The molecule has 3 aromatic rings. The van der Waals surface area contributed by atoms with E-state index in [2.05, 4.69) is 5.10 Å². The van der Waals surface area contributed by atoms with Crippen LogP contribution in [0.3, 0.4) is 0 Å². The van der Waals surface area contributed by atoms with E-state index in [1.165, 1.54) is 20.5 Å². The number of fused-ring (bicyclic) bond motifs is 5. The summed E-state index contributed by atoms with van der Waals surface area (Å²) < 4.78 is 60.5. The predicted octanol–water partition coefficient (Wildman–Crippen LogP) is 5.89. The highest BCUT2D eigenvalue weighted by Gasteiger charge is 2.51. The van der Waals surface area contributed by atoms with Crippen LogP contribution in [0.1, 0.15) is 67.0 Å². The summed E-state index contributed by atoms with van der Waals surface area (Å²) in [6.07, 6.45) is -4.25. The molecule has 41 heavy (non-hydrogen) atoms. The van der Waals surface area contributed by atoms with Gasteiger partial charge in [-0.3, -0.25) is 9.69 Å². The Morgan fingerprint density at radius 1 is 1.05 bits per heavy atom. The maximum absolute atomic E-state index is 14.3. The minimum atomic E-state index is -4.74. The molecule has 6 rings (SSSR count). The lowest BCUT2D eigenvalue weighted by Gasteiger charge is -2.36. The standard InChI is InChI=1S/C29H29F3N4O5/c1-28(2,3)41-27(38)35-18-8-10-20(35)24-21(13-18)36(33-25(24)29(30,31)32)19-7-5-6-16(12-19)26(37)34(4)17-9-11-22-23(14-17)40-15-39-22/h5-7,9,11-12,14,18,20H,8,10,13,15H2,1-4H3/t18-,20+/m0/s1. The first-order chi connectivity index (χ1) is 19.3. The summed E-state index contributed by atoms with van der Waals surface area (Å²) >= 11 is 0. The molecule has 1 aromatic heterocycles. The number of halogens is 3. The van der Waals surface area contributed by atoms with E-state index in [1.54, 1.807) is 64.2 Å². The van der Waals surface area contributed by atoms with Crippen LogP contribution in [0.15, 0.2) is 42.5 Å². The SMILES string of the molecule is CN(C(=O)c1cccc(-n2nc(C(F)(F)F)c3c2C[C@@H]2CC[C@H]3N2C(=O)OC(C)(C)C)c1)c1ccc2c(c1)OCO2. The summed E-state index contributed by atoms with van der Waals surface area (Å²) in [4.78, 5) is 29.3. The molecule has 1 saturated heterocycles. The van der Waals surface area contributed by atoms with Crippen LogP contribution >= 0.6 is 0 Å². The molecule has 0 N–H and O–H groups in total. The summed E-state index contributed by atoms with van der Waals surface area (Å²) in [5.41, 5.74) is -0.264. The first kappa shape index (κ1) is 27.0. The molecular formula is C29H29F3N4O5. The topological polar surface area (TPSA) is 86.1 Å². The zero-order valence-corrected chi connectivity index (χ0v) is 23.0. The normalized spacial score (nSPS) is 19.2. The monoisotopic (exact) mass is 570 g/mol. The highest BCUT2D eigenvalue weighted by atomic mass is 19.4. The third-order valence-corrected chi connectivity index (χ3v) is 7.54. The minimum absolute atomic E-state index is 0.00804. The average molecular weight is 571 g/mol. The van der Waals surface area contributed by atoms with Crippen LogP contribution in [0.2, 0.25) is 0 Å². The van der Waals surface area contributed by atoms with Crippen molar-refractivity contribution in [3.63, 3.8) is 0 Å². The van der Waals surface area contributed by atoms with Gasteiger partial charge in [0.2, 0.25) is 6.79 Å². The van der Waals surface area contributed by atoms with Crippen LogP contribution < -0.4 is 14.4 Å². The fourth-order valence-electron chi connectivity index (χ4n) is 5.79. The molecule has 2 bridgehead atoms. The molecule has 3 aliphatic rings. The number of hydrogen-bond donors (Lipinski definition) is 0. The fourth-order valence-corrected chi connectivity index (χ4v) is 5.79. The van der Waals surface area contributed by atoms with Crippen LogP contribution in [0.4, 0.5) is 23.7 Å².